The van der Waals surface area contributed by atoms with Crippen molar-refractivity contribution >= 4 is 28.3 Å². The number of benzene rings is 2. The fourth-order valence-electron chi connectivity index (χ4n) is 2.41. The molecule has 0 amide bonds. The lowest BCUT2D eigenvalue weighted by molar-refractivity contribution is 0.614. The van der Waals surface area contributed by atoms with Crippen LogP contribution < -0.4 is 5.32 Å². The summed E-state index contributed by atoms with van der Waals surface area (Å²) in [6, 6.07) is 22.4. The molecule has 0 radical (unpaired) electrons. The summed E-state index contributed by atoms with van der Waals surface area (Å²) in [6.45, 7) is 2.09. The van der Waals surface area contributed by atoms with Crippen molar-refractivity contribution in [2.45, 2.75) is 12.5 Å². The van der Waals surface area contributed by atoms with Crippen LogP contribution in [0.1, 0.15) is 12.5 Å². The van der Waals surface area contributed by atoms with E-state index in [0.29, 0.717) is 5.88 Å². The van der Waals surface area contributed by atoms with Crippen molar-refractivity contribution in [3.63, 3.8) is 0 Å². The number of para-hydroxylation sites is 1. The highest BCUT2D eigenvalue weighted by molar-refractivity contribution is 6.18. The first kappa shape index (κ1) is 13.9. The van der Waals surface area contributed by atoms with Gasteiger partial charge in [0.1, 0.15) is 5.82 Å². The Labute approximate surface area is 129 Å². The second kappa shape index (κ2) is 5.74. The zero-order chi connectivity index (χ0) is 14.7. The summed E-state index contributed by atoms with van der Waals surface area (Å²) in [7, 11) is 0. The zero-order valence-electron chi connectivity index (χ0n) is 11.9. The van der Waals surface area contributed by atoms with Crippen molar-refractivity contribution in [2.75, 3.05) is 11.2 Å². The summed E-state index contributed by atoms with van der Waals surface area (Å²) < 4.78 is 0. The molecule has 0 bridgehead atoms. The van der Waals surface area contributed by atoms with Gasteiger partial charge in [-0.15, -0.1) is 11.6 Å². The highest BCUT2D eigenvalue weighted by Gasteiger charge is 2.25. The van der Waals surface area contributed by atoms with Gasteiger partial charge in [-0.2, -0.15) is 0 Å². The molecule has 1 atom stereocenters. The van der Waals surface area contributed by atoms with Gasteiger partial charge in [0.15, 0.2) is 0 Å². The molecule has 2 nitrogen and oxygen atoms in total. The quantitative estimate of drug-likeness (QED) is 0.699. The van der Waals surface area contributed by atoms with Crippen LogP contribution in [0.3, 0.4) is 0 Å². The summed E-state index contributed by atoms with van der Waals surface area (Å²) in [5, 5.41) is 4.61. The second-order valence-corrected chi connectivity index (χ2v) is 5.61. The average Bonchev–Trinajstić information content (AvgIpc) is 2.55. The van der Waals surface area contributed by atoms with Crippen LogP contribution in [0.25, 0.3) is 10.9 Å². The average molecular weight is 297 g/mol. The first-order chi connectivity index (χ1) is 10.2. The van der Waals surface area contributed by atoms with E-state index in [9.17, 15) is 0 Å². The van der Waals surface area contributed by atoms with E-state index in [2.05, 4.69) is 41.5 Å². The highest BCUT2D eigenvalue weighted by atomic mass is 35.5. The zero-order valence-corrected chi connectivity index (χ0v) is 12.6. The molecule has 0 aliphatic heterocycles. The van der Waals surface area contributed by atoms with Gasteiger partial charge in [0, 0.05) is 11.3 Å². The Balaban J connectivity index is 1.95. The molecule has 2 aromatic carbocycles. The van der Waals surface area contributed by atoms with Crippen molar-refractivity contribution in [3.05, 3.63) is 72.3 Å². The molecule has 1 N–H and O–H groups in total. The number of pyridine rings is 1. The number of hydrogen-bond donors (Lipinski definition) is 1. The van der Waals surface area contributed by atoms with Crippen LogP contribution >= 0.6 is 11.6 Å². The van der Waals surface area contributed by atoms with Crippen LogP contribution in [-0.4, -0.2) is 10.9 Å². The minimum absolute atomic E-state index is 0.349. The van der Waals surface area contributed by atoms with Crippen LogP contribution in [0.4, 0.5) is 5.82 Å². The number of halogens is 1. The van der Waals surface area contributed by atoms with E-state index in [0.717, 1.165) is 22.3 Å². The Hall–Kier alpha value is -2.06. The molecule has 3 rings (SSSR count). The molecule has 0 aliphatic rings. The standard InChI is InChI=1S/C18H17ClN2/c1-18(13-19,15-8-3-2-4-9-15)21-17-12-11-14-7-5-6-10-16(14)20-17/h2-12H,13H2,1H3,(H,20,21). The van der Waals surface area contributed by atoms with E-state index in [1.807, 2.05) is 42.5 Å². The first-order valence-electron chi connectivity index (χ1n) is 6.97. The van der Waals surface area contributed by atoms with Gasteiger partial charge >= 0.3 is 0 Å². The highest BCUT2D eigenvalue weighted by Crippen LogP contribution is 2.27. The third-order valence-corrected chi connectivity index (χ3v) is 4.22. The van der Waals surface area contributed by atoms with Gasteiger partial charge < -0.3 is 5.32 Å². The van der Waals surface area contributed by atoms with Gasteiger partial charge in [0.25, 0.3) is 0 Å². The first-order valence-corrected chi connectivity index (χ1v) is 7.50. The smallest absolute Gasteiger partial charge is 0.127 e. The van der Waals surface area contributed by atoms with Crippen molar-refractivity contribution < 1.29 is 0 Å². The van der Waals surface area contributed by atoms with Gasteiger partial charge in [-0.25, -0.2) is 4.98 Å². The molecule has 3 heteroatoms. The van der Waals surface area contributed by atoms with Gasteiger partial charge in [0.05, 0.1) is 11.1 Å². The van der Waals surface area contributed by atoms with Crippen LogP contribution in [-0.2, 0) is 5.54 Å². The largest absolute Gasteiger partial charge is 0.360 e. The molecule has 0 saturated carbocycles. The van der Waals surface area contributed by atoms with Gasteiger partial charge in [-0.1, -0.05) is 48.5 Å². The number of nitrogens with one attached hydrogen (secondary N) is 1. The summed E-state index contributed by atoms with van der Waals surface area (Å²) in [5.74, 6) is 1.30. The Bertz CT molecular complexity index is 742. The molecule has 3 aromatic rings. The fourth-order valence-corrected chi connectivity index (χ4v) is 2.63. The van der Waals surface area contributed by atoms with Crippen molar-refractivity contribution in [2.24, 2.45) is 0 Å². The summed E-state index contributed by atoms with van der Waals surface area (Å²) in [5.41, 5.74) is 1.78. The van der Waals surface area contributed by atoms with Gasteiger partial charge in [-0.3, -0.25) is 0 Å². The topological polar surface area (TPSA) is 24.9 Å². The maximum Gasteiger partial charge on any atom is 0.127 e. The Morgan fingerprint density at radius 1 is 0.952 bits per heavy atom. The molecule has 1 unspecified atom stereocenters. The second-order valence-electron chi connectivity index (χ2n) is 5.35. The minimum atomic E-state index is -0.349. The predicted octanol–water partition coefficient (Wildman–Crippen LogP) is 4.80. The fraction of sp³-hybridized carbons (Fsp3) is 0.167. The summed E-state index contributed by atoms with van der Waals surface area (Å²) in [4.78, 5) is 4.66. The van der Waals surface area contributed by atoms with Crippen LogP contribution in [0, 0.1) is 0 Å². The molecule has 1 aromatic heterocycles. The van der Waals surface area contributed by atoms with Crippen molar-refractivity contribution in [1.82, 2.24) is 4.98 Å². The third kappa shape index (κ3) is 2.86. The van der Waals surface area contributed by atoms with E-state index in [-0.39, 0.29) is 5.54 Å². The van der Waals surface area contributed by atoms with Crippen LogP contribution in [0.15, 0.2) is 66.7 Å². The molecule has 0 aliphatic carbocycles. The Morgan fingerprint density at radius 2 is 1.67 bits per heavy atom. The molecule has 21 heavy (non-hydrogen) atoms. The number of nitrogens with zero attached hydrogens (tertiary/aromatic N) is 1. The third-order valence-electron chi connectivity index (χ3n) is 3.68. The Morgan fingerprint density at radius 3 is 2.43 bits per heavy atom. The predicted molar refractivity (Wildman–Crippen MR) is 89.9 cm³/mol. The molecule has 0 saturated heterocycles. The number of alkyl halides is 1. The lowest BCUT2D eigenvalue weighted by Crippen LogP contribution is -2.34. The molecule has 0 spiro atoms. The van der Waals surface area contributed by atoms with Crippen molar-refractivity contribution in [1.29, 1.82) is 0 Å². The van der Waals surface area contributed by atoms with E-state index < -0.39 is 0 Å². The van der Waals surface area contributed by atoms with Gasteiger partial charge in [-0.05, 0) is 30.7 Å². The number of anilines is 1. The minimum Gasteiger partial charge on any atom is -0.360 e. The maximum atomic E-state index is 6.22. The van der Waals surface area contributed by atoms with Crippen molar-refractivity contribution in [3.8, 4) is 0 Å². The lowest BCUT2D eigenvalue weighted by Gasteiger charge is -2.30. The molecule has 106 valence electrons. The summed E-state index contributed by atoms with van der Waals surface area (Å²) >= 11 is 6.22. The van der Waals surface area contributed by atoms with E-state index in [1.54, 1.807) is 0 Å². The van der Waals surface area contributed by atoms with E-state index in [1.165, 1.54) is 0 Å². The van der Waals surface area contributed by atoms with Crippen LogP contribution in [0.2, 0.25) is 0 Å². The van der Waals surface area contributed by atoms with Crippen LogP contribution in [0.5, 0.6) is 0 Å². The van der Waals surface area contributed by atoms with Gasteiger partial charge in [0.2, 0.25) is 0 Å². The monoisotopic (exact) mass is 296 g/mol. The lowest BCUT2D eigenvalue weighted by atomic mass is 9.94. The van der Waals surface area contributed by atoms with E-state index >= 15 is 0 Å². The Kier molecular flexibility index (Phi) is 3.80. The molecule has 0 fully saturated rings. The molecular weight excluding hydrogens is 280 g/mol. The number of fused-ring (bicyclic) bond motifs is 1. The molecule has 1 heterocycles. The SMILES string of the molecule is CC(CCl)(Nc1ccc2ccccc2n1)c1ccccc1. The van der Waals surface area contributed by atoms with E-state index in [4.69, 9.17) is 11.6 Å². The number of aromatic nitrogens is 1. The summed E-state index contributed by atoms with van der Waals surface area (Å²) in [6.07, 6.45) is 0. The normalized spacial score (nSPS) is 13.8. The number of rotatable bonds is 4. The maximum absolute atomic E-state index is 6.22. The molecular formula is C18H17ClN2. The number of hydrogen-bond acceptors (Lipinski definition) is 2.